The van der Waals surface area contributed by atoms with E-state index in [1.807, 2.05) is 6.07 Å². The first-order valence-electron chi connectivity index (χ1n) is 5.16. The monoisotopic (exact) mass is 273 g/mol. The summed E-state index contributed by atoms with van der Waals surface area (Å²) in [7, 11) is 0. The van der Waals surface area contributed by atoms with Crippen LogP contribution in [0.4, 0.5) is 4.39 Å². The first kappa shape index (κ1) is 12.7. The van der Waals surface area contributed by atoms with Crippen LogP contribution >= 0.6 is 15.9 Å². The number of hydrogen-bond acceptors (Lipinski definition) is 1. The van der Waals surface area contributed by atoms with Gasteiger partial charge >= 0.3 is 0 Å². The summed E-state index contributed by atoms with van der Waals surface area (Å²) in [5.41, 5.74) is 1.65. The van der Waals surface area contributed by atoms with Crippen LogP contribution in [0, 0.1) is 18.7 Å². The first-order chi connectivity index (χ1) is 7.00. The third-order valence-electron chi connectivity index (χ3n) is 2.20. The largest absolute Gasteiger partial charge is 0.312 e. The summed E-state index contributed by atoms with van der Waals surface area (Å²) in [5, 5.41) is 3.29. The Kier molecular flexibility index (Phi) is 4.74. The molecular weight excluding hydrogens is 257 g/mol. The third kappa shape index (κ3) is 3.92. The summed E-state index contributed by atoms with van der Waals surface area (Å²) >= 11 is 3.44. The lowest BCUT2D eigenvalue weighted by molar-refractivity contribution is 0.549. The van der Waals surface area contributed by atoms with E-state index in [0.29, 0.717) is 18.0 Å². The van der Waals surface area contributed by atoms with Crippen molar-refractivity contribution >= 4 is 15.9 Å². The molecule has 0 radical (unpaired) electrons. The fourth-order valence-electron chi connectivity index (χ4n) is 1.32. The molecule has 1 aromatic rings. The zero-order valence-corrected chi connectivity index (χ0v) is 11.0. The first-order valence-corrected chi connectivity index (χ1v) is 5.95. The fourth-order valence-corrected chi connectivity index (χ4v) is 1.92. The van der Waals surface area contributed by atoms with Crippen molar-refractivity contribution in [2.24, 2.45) is 5.92 Å². The zero-order chi connectivity index (χ0) is 11.4. The van der Waals surface area contributed by atoms with Gasteiger partial charge in [-0.1, -0.05) is 29.8 Å². The maximum absolute atomic E-state index is 13.3. The van der Waals surface area contributed by atoms with Crippen molar-refractivity contribution < 1.29 is 4.39 Å². The van der Waals surface area contributed by atoms with Gasteiger partial charge in [0.15, 0.2) is 0 Å². The molecule has 0 amide bonds. The number of aryl methyl sites for hydroxylation is 1. The van der Waals surface area contributed by atoms with E-state index in [1.54, 1.807) is 13.0 Å². The molecule has 0 bridgehead atoms. The number of rotatable bonds is 4. The molecule has 0 saturated carbocycles. The number of nitrogens with one attached hydrogen (secondary N) is 1. The van der Waals surface area contributed by atoms with Crippen molar-refractivity contribution in [3.63, 3.8) is 0 Å². The maximum atomic E-state index is 13.3. The van der Waals surface area contributed by atoms with Crippen molar-refractivity contribution in [2.45, 2.75) is 27.3 Å². The van der Waals surface area contributed by atoms with Gasteiger partial charge in [0.2, 0.25) is 0 Å². The van der Waals surface area contributed by atoms with E-state index in [0.717, 1.165) is 16.6 Å². The third-order valence-corrected chi connectivity index (χ3v) is 2.93. The maximum Gasteiger partial charge on any atom is 0.126 e. The fraction of sp³-hybridized carbons (Fsp3) is 0.500. The Morgan fingerprint density at radius 2 is 2.07 bits per heavy atom. The second-order valence-corrected chi connectivity index (χ2v) is 5.07. The van der Waals surface area contributed by atoms with Crippen LogP contribution in [-0.2, 0) is 6.54 Å². The van der Waals surface area contributed by atoms with E-state index in [9.17, 15) is 4.39 Å². The van der Waals surface area contributed by atoms with Crippen molar-refractivity contribution in [2.75, 3.05) is 6.54 Å². The van der Waals surface area contributed by atoms with Gasteiger partial charge in [0, 0.05) is 11.0 Å². The van der Waals surface area contributed by atoms with Crippen molar-refractivity contribution in [1.29, 1.82) is 0 Å². The Balaban J connectivity index is 2.65. The molecule has 3 heteroatoms. The van der Waals surface area contributed by atoms with E-state index in [4.69, 9.17) is 0 Å². The molecule has 0 saturated heterocycles. The molecule has 0 unspecified atom stereocenters. The Morgan fingerprint density at radius 3 is 2.67 bits per heavy atom. The van der Waals surface area contributed by atoms with Gasteiger partial charge in [-0.2, -0.15) is 0 Å². The highest BCUT2D eigenvalue weighted by atomic mass is 79.9. The lowest BCUT2D eigenvalue weighted by Crippen LogP contribution is -2.19. The van der Waals surface area contributed by atoms with Crippen LogP contribution in [0.2, 0.25) is 0 Å². The highest BCUT2D eigenvalue weighted by Gasteiger charge is 2.05. The number of benzene rings is 1. The second-order valence-electron chi connectivity index (χ2n) is 4.22. The van der Waals surface area contributed by atoms with Gasteiger partial charge in [-0.05, 0) is 42.6 Å². The molecular formula is C12H17BrFN. The zero-order valence-electron chi connectivity index (χ0n) is 9.40. The summed E-state index contributed by atoms with van der Waals surface area (Å²) in [6.07, 6.45) is 0. The summed E-state index contributed by atoms with van der Waals surface area (Å²) in [4.78, 5) is 0. The van der Waals surface area contributed by atoms with Crippen LogP contribution in [0.5, 0.6) is 0 Å². The highest BCUT2D eigenvalue weighted by molar-refractivity contribution is 9.10. The molecule has 15 heavy (non-hydrogen) atoms. The Morgan fingerprint density at radius 1 is 1.40 bits per heavy atom. The topological polar surface area (TPSA) is 12.0 Å². The average Bonchev–Trinajstić information content (AvgIpc) is 2.13. The minimum Gasteiger partial charge on any atom is -0.312 e. The molecule has 84 valence electrons. The van der Waals surface area contributed by atoms with Gasteiger partial charge < -0.3 is 5.32 Å². The van der Waals surface area contributed by atoms with Gasteiger partial charge in [-0.15, -0.1) is 0 Å². The Hall–Kier alpha value is -0.410. The van der Waals surface area contributed by atoms with E-state index in [1.165, 1.54) is 0 Å². The van der Waals surface area contributed by atoms with Crippen LogP contribution in [0.3, 0.4) is 0 Å². The standard InChI is InChI=1S/C12H17BrFN/c1-8(2)6-15-7-10-5-12(14)9(3)4-11(10)13/h4-5,8,15H,6-7H2,1-3H3. The van der Waals surface area contributed by atoms with E-state index in [-0.39, 0.29) is 5.82 Å². The lowest BCUT2D eigenvalue weighted by Gasteiger charge is -2.10. The van der Waals surface area contributed by atoms with E-state index >= 15 is 0 Å². The van der Waals surface area contributed by atoms with Crippen LogP contribution in [0.15, 0.2) is 16.6 Å². The van der Waals surface area contributed by atoms with Gasteiger partial charge in [0.05, 0.1) is 0 Å². The smallest absolute Gasteiger partial charge is 0.126 e. The predicted molar refractivity (Wildman–Crippen MR) is 65.4 cm³/mol. The lowest BCUT2D eigenvalue weighted by atomic mass is 10.1. The summed E-state index contributed by atoms with van der Waals surface area (Å²) < 4.78 is 14.3. The van der Waals surface area contributed by atoms with Crippen molar-refractivity contribution in [3.05, 3.63) is 33.5 Å². The van der Waals surface area contributed by atoms with E-state index < -0.39 is 0 Å². The number of halogens is 2. The minimum absolute atomic E-state index is 0.139. The molecule has 1 nitrogen and oxygen atoms in total. The Bertz CT molecular complexity index is 337. The molecule has 0 aromatic heterocycles. The number of hydrogen-bond donors (Lipinski definition) is 1. The van der Waals surface area contributed by atoms with Gasteiger partial charge in [-0.25, -0.2) is 4.39 Å². The molecule has 1 rings (SSSR count). The second kappa shape index (κ2) is 5.61. The van der Waals surface area contributed by atoms with E-state index in [2.05, 4.69) is 35.1 Å². The molecule has 0 heterocycles. The van der Waals surface area contributed by atoms with Crippen LogP contribution in [0.1, 0.15) is 25.0 Å². The summed E-state index contributed by atoms with van der Waals surface area (Å²) in [6, 6.07) is 3.41. The molecule has 0 aliphatic carbocycles. The van der Waals surface area contributed by atoms with Gasteiger partial charge in [0.1, 0.15) is 5.82 Å². The van der Waals surface area contributed by atoms with Crippen LogP contribution in [0.25, 0.3) is 0 Å². The average molecular weight is 274 g/mol. The molecule has 0 spiro atoms. The molecule has 0 fully saturated rings. The highest BCUT2D eigenvalue weighted by Crippen LogP contribution is 2.20. The molecule has 1 N–H and O–H groups in total. The quantitative estimate of drug-likeness (QED) is 0.883. The van der Waals surface area contributed by atoms with Crippen molar-refractivity contribution in [1.82, 2.24) is 5.32 Å². The Labute approximate surface area is 99.2 Å². The van der Waals surface area contributed by atoms with Crippen LogP contribution in [-0.4, -0.2) is 6.54 Å². The molecule has 0 aliphatic rings. The normalized spacial score (nSPS) is 11.1. The minimum atomic E-state index is -0.139. The predicted octanol–water partition coefficient (Wildman–Crippen LogP) is 3.64. The van der Waals surface area contributed by atoms with Crippen LogP contribution < -0.4 is 5.32 Å². The molecule has 0 aliphatic heterocycles. The summed E-state index contributed by atoms with van der Waals surface area (Å²) in [5.74, 6) is 0.471. The molecule has 1 aromatic carbocycles. The van der Waals surface area contributed by atoms with Gasteiger partial charge in [-0.3, -0.25) is 0 Å². The molecule has 0 atom stereocenters. The SMILES string of the molecule is Cc1cc(Br)c(CNCC(C)C)cc1F. The van der Waals surface area contributed by atoms with Gasteiger partial charge in [0.25, 0.3) is 0 Å². The summed E-state index contributed by atoms with van der Waals surface area (Å²) in [6.45, 7) is 7.72. The van der Waals surface area contributed by atoms with Crippen molar-refractivity contribution in [3.8, 4) is 0 Å².